The molecule has 0 aliphatic heterocycles. The van der Waals surface area contributed by atoms with E-state index in [-0.39, 0.29) is 11.1 Å². The Morgan fingerprint density at radius 3 is 1.58 bits per heavy atom. The summed E-state index contributed by atoms with van der Waals surface area (Å²) in [4.78, 5) is 0. The second kappa shape index (κ2) is 6.18. The van der Waals surface area contributed by atoms with E-state index in [0.29, 0.717) is 9.76 Å². The molecule has 0 heterocycles. The topological polar surface area (TPSA) is 9.23 Å². The molecule has 2 aromatic rings. The molecule has 19 heavy (non-hydrogen) atoms. The molecule has 0 saturated carbocycles. The molecule has 0 bridgehead atoms. The number of benzene rings is 2. The van der Waals surface area contributed by atoms with Gasteiger partial charge >= 0.3 is 0 Å². The van der Waals surface area contributed by atoms with Gasteiger partial charge in [0.1, 0.15) is 0 Å². The third kappa shape index (κ3) is 4.34. The molecule has 0 unspecified atom stereocenters. The van der Waals surface area contributed by atoms with E-state index < -0.39 is 0 Å². The minimum Gasteiger partial charge on any atom is -0.406 e. The fourth-order valence-electron chi connectivity index (χ4n) is 1.82. The van der Waals surface area contributed by atoms with E-state index in [2.05, 4.69) is 69.3 Å². The van der Waals surface area contributed by atoms with Crippen molar-refractivity contribution in [2.45, 2.75) is 31.9 Å². The average Bonchev–Trinajstić information content (AvgIpc) is 2.40. The molecule has 0 aliphatic carbocycles. The van der Waals surface area contributed by atoms with Crippen LogP contribution in [0.1, 0.15) is 38.0 Å². The van der Waals surface area contributed by atoms with Gasteiger partial charge in [-0.1, -0.05) is 81.4 Å². The summed E-state index contributed by atoms with van der Waals surface area (Å²) < 4.78 is 6.21. The van der Waals surface area contributed by atoms with Gasteiger partial charge in [0.2, 0.25) is 9.76 Å². The van der Waals surface area contributed by atoms with Crippen molar-refractivity contribution in [1.29, 1.82) is 0 Å². The van der Waals surface area contributed by atoms with Crippen LogP contribution in [0.4, 0.5) is 0 Å². The van der Waals surface area contributed by atoms with Gasteiger partial charge in [-0.2, -0.15) is 0 Å². The Morgan fingerprint density at radius 2 is 1.21 bits per heavy atom. The molecule has 0 saturated heterocycles. The van der Waals surface area contributed by atoms with Crippen LogP contribution in [0.25, 0.3) is 0 Å². The van der Waals surface area contributed by atoms with Crippen molar-refractivity contribution in [2.24, 2.45) is 0 Å². The number of rotatable bonds is 4. The van der Waals surface area contributed by atoms with Crippen LogP contribution in [0.5, 0.6) is 0 Å². The van der Waals surface area contributed by atoms with Crippen molar-refractivity contribution in [3.05, 3.63) is 71.8 Å². The fourth-order valence-corrected chi connectivity index (χ4v) is 2.56. The summed E-state index contributed by atoms with van der Waals surface area (Å²) in [5.41, 5.74) is 2.43. The van der Waals surface area contributed by atoms with Gasteiger partial charge in [0, 0.05) is 0 Å². The van der Waals surface area contributed by atoms with E-state index in [0.717, 1.165) is 0 Å². The normalized spacial score (nSPS) is 11.8. The average molecular weight is 268 g/mol. The van der Waals surface area contributed by atoms with Crippen molar-refractivity contribution in [1.82, 2.24) is 0 Å². The Bertz CT molecular complexity index is 448. The Morgan fingerprint density at radius 1 is 0.789 bits per heavy atom. The highest BCUT2D eigenvalue weighted by Gasteiger charge is 2.20. The van der Waals surface area contributed by atoms with Crippen LogP contribution in [-0.2, 0) is 4.43 Å². The molecular formula is C17H20OSi. The van der Waals surface area contributed by atoms with Crippen LogP contribution >= 0.6 is 0 Å². The molecule has 0 aliphatic rings. The molecule has 2 aromatic carbocycles. The van der Waals surface area contributed by atoms with E-state index in [1.165, 1.54) is 11.1 Å². The zero-order chi connectivity index (χ0) is 13.7. The predicted molar refractivity (Wildman–Crippen MR) is 81.3 cm³/mol. The van der Waals surface area contributed by atoms with Gasteiger partial charge in [0.15, 0.2) is 0 Å². The van der Waals surface area contributed by atoms with Gasteiger partial charge in [-0.3, -0.25) is 0 Å². The van der Waals surface area contributed by atoms with Gasteiger partial charge < -0.3 is 4.43 Å². The molecule has 0 aromatic heterocycles. The lowest BCUT2D eigenvalue weighted by molar-refractivity contribution is 0.250. The molecule has 0 fully saturated rings. The first-order chi connectivity index (χ1) is 9.06. The number of hydrogen-bond donors (Lipinski definition) is 0. The van der Waals surface area contributed by atoms with Crippen LogP contribution in [0.2, 0.25) is 5.04 Å². The smallest absolute Gasteiger partial charge is 0.237 e. The van der Waals surface area contributed by atoms with Crippen molar-refractivity contribution >= 4 is 9.76 Å². The minimum absolute atomic E-state index is 0.0277. The fraction of sp³-hybridized carbons (Fsp3) is 0.294. The van der Waals surface area contributed by atoms with Crippen molar-refractivity contribution in [3.8, 4) is 0 Å². The van der Waals surface area contributed by atoms with E-state index in [9.17, 15) is 0 Å². The molecule has 1 nitrogen and oxygen atoms in total. The van der Waals surface area contributed by atoms with Crippen molar-refractivity contribution < 1.29 is 4.43 Å². The van der Waals surface area contributed by atoms with E-state index in [4.69, 9.17) is 4.43 Å². The SMILES string of the molecule is CC(C)(C)[Si]OC(c1ccccc1)c1ccccc1. The van der Waals surface area contributed by atoms with Gasteiger partial charge in [0.25, 0.3) is 0 Å². The van der Waals surface area contributed by atoms with Crippen LogP contribution in [0, 0.1) is 0 Å². The highest BCUT2D eigenvalue weighted by molar-refractivity contribution is 6.31. The Labute approximate surface area is 118 Å². The molecular weight excluding hydrogens is 248 g/mol. The zero-order valence-corrected chi connectivity index (χ0v) is 12.8. The highest BCUT2D eigenvalue weighted by Crippen LogP contribution is 2.29. The first kappa shape index (κ1) is 14.0. The standard InChI is InChI=1S/C17H20OSi/c1-17(2,3)19-18-16(14-10-6-4-7-11-14)15-12-8-5-9-13-15/h4-13,16H,1-3H3. The van der Waals surface area contributed by atoms with Crippen LogP contribution in [-0.4, -0.2) is 9.76 Å². The maximum Gasteiger partial charge on any atom is 0.237 e. The minimum atomic E-state index is 0.0277. The molecule has 0 atom stereocenters. The lowest BCUT2D eigenvalue weighted by Crippen LogP contribution is -2.17. The second-order valence-electron chi connectivity index (χ2n) is 5.67. The summed E-state index contributed by atoms with van der Waals surface area (Å²) in [6.07, 6.45) is 0.0277. The molecule has 2 heteroatoms. The zero-order valence-electron chi connectivity index (χ0n) is 11.8. The highest BCUT2D eigenvalue weighted by atomic mass is 28.2. The summed E-state index contributed by atoms with van der Waals surface area (Å²) in [7, 11) is 0.473. The summed E-state index contributed by atoms with van der Waals surface area (Å²) >= 11 is 0. The van der Waals surface area contributed by atoms with E-state index >= 15 is 0 Å². The maximum atomic E-state index is 6.21. The second-order valence-corrected chi connectivity index (χ2v) is 7.61. The summed E-state index contributed by atoms with van der Waals surface area (Å²) in [6, 6.07) is 20.9. The van der Waals surface area contributed by atoms with Gasteiger partial charge in [-0.05, 0) is 16.2 Å². The summed E-state index contributed by atoms with van der Waals surface area (Å²) in [5.74, 6) is 0. The van der Waals surface area contributed by atoms with Gasteiger partial charge in [-0.15, -0.1) is 0 Å². The molecule has 2 radical (unpaired) electrons. The Kier molecular flexibility index (Phi) is 4.56. The summed E-state index contributed by atoms with van der Waals surface area (Å²) in [6.45, 7) is 6.62. The van der Waals surface area contributed by atoms with E-state index in [1.807, 2.05) is 12.1 Å². The molecule has 0 amide bonds. The lowest BCUT2D eigenvalue weighted by Gasteiger charge is -2.23. The Hall–Kier alpha value is -1.38. The summed E-state index contributed by atoms with van der Waals surface area (Å²) in [5, 5.41) is 0.196. The van der Waals surface area contributed by atoms with Crippen LogP contribution in [0.3, 0.4) is 0 Å². The molecule has 0 N–H and O–H groups in total. The van der Waals surface area contributed by atoms with Crippen molar-refractivity contribution in [3.63, 3.8) is 0 Å². The largest absolute Gasteiger partial charge is 0.406 e. The molecule has 0 spiro atoms. The van der Waals surface area contributed by atoms with Crippen LogP contribution in [0.15, 0.2) is 60.7 Å². The third-order valence-electron chi connectivity index (χ3n) is 2.69. The first-order valence-corrected chi connectivity index (χ1v) is 7.50. The van der Waals surface area contributed by atoms with Gasteiger partial charge in [0.05, 0.1) is 6.10 Å². The predicted octanol–water partition coefficient (Wildman–Crippen LogP) is 4.63. The molecule has 2 rings (SSSR count). The van der Waals surface area contributed by atoms with E-state index in [1.54, 1.807) is 0 Å². The monoisotopic (exact) mass is 268 g/mol. The number of hydrogen-bond acceptors (Lipinski definition) is 1. The Balaban J connectivity index is 2.24. The van der Waals surface area contributed by atoms with Crippen molar-refractivity contribution in [2.75, 3.05) is 0 Å². The third-order valence-corrected chi connectivity index (χ3v) is 3.65. The lowest BCUT2D eigenvalue weighted by atomic mass is 10.0. The van der Waals surface area contributed by atoms with Gasteiger partial charge in [-0.25, -0.2) is 0 Å². The van der Waals surface area contributed by atoms with Crippen LogP contribution < -0.4 is 0 Å². The molecule has 98 valence electrons. The maximum absolute atomic E-state index is 6.21. The first-order valence-electron chi connectivity index (χ1n) is 6.59. The quantitative estimate of drug-likeness (QED) is 0.735.